The van der Waals surface area contributed by atoms with Crippen LogP contribution in [0.3, 0.4) is 0 Å². The van der Waals surface area contributed by atoms with E-state index in [9.17, 15) is 4.21 Å². The van der Waals surface area contributed by atoms with Crippen LogP contribution in [-0.2, 0) is 20.3 Å². The molecule has 8 heteroatoms. The number of anilines is 2. The Morgan fingerprint density at radius 3 is 2.50 bits per heavy atom. The molecule has 2 atom stereocenters. The number of aromatic nitrogens is 2. The maximum absolute atomic E-state index is 13.6. The van der Waals surface area contributed by atoms with Crippen molar-refractivity contribution in [2.75, 3.05) is 30.4 Å². The highest BCUT2D eigenvalue weighted by Gasteiger charge is 2.52. The van der Waals surface area contributed by atoms with Crippen LogP contribution in [0.4, 0.5) is 11.5 Å². The third kappa shape index (κ3) is 4.00. The Morgan fingerprint density at radius 1 is 1.12 bits per heavy atom. The van der Waals surface area contributed by atoms with Gasteiger partial charge in [-0.15, -0.1) is 0 Å². The van der Waals surface area contributed by atoms with Gasteiger partial charge in [0.15, 0.2) is 5.82 Å². The van der Waals surface area contributed by atoms with Gasteiger partial charge in [0.05, 0.1) is 40.5 Å². The van der Waals surface area contributed by atoms with Crippen LogP contribution in [0.1, 0.15) is 25.5 Å². The largest absolute Gasteiger partial charge is 0.399 e. The first-order valence-corrected chi connectivity index (χ1v) is 12.3. The Labute approximate surface area is 195 Å². The molecule has 1 aliphatic carbocycles. The van der Waals surface area contributed by atoms with Gasteiger partial charge in [-0.3, -0.25) is 4.21 Å². The molecular formula is C24H25ClN4O2S. The molecule has 2 fully saturated rings. The number of ether oxygens (including phenoxy) is 1. The van der Waals surface area contributed by atoms with Crippen LogP contribution in [-0.4, -0.2) is 40.0 Å². The van der Waals surface area contributed by atoms with Crippen LogP contribution >= 0.6 is 11.6 Å². The SMILES string of the molecule is CC1COCCN1c1cc(C2(S(=O)c3ccc(Cl)cc3)CC2)nc(-c2ccc(N)cc2)n1. The lowest BCUT2D eigenvalue weighted by Gasteiger charge is -2.34. The molecule has 1 aromatic heterocycles. The molecule has 2 N–H and O–H groups in total. The average molecular weight is 469 g/mol. The van der Waals surface area contributed by atoms with Crippen LogP contribution in [0.2, 0.25) is 5.02 Å². The molecule has 2 unspecified atom stereocenters. The molecular weight excluding hydrogens is 444 g/mol. The second kappa shape index (κ2) is 8.46. The number of benzene rings is 2. The number of morpholine rings is 1. The van der Waals surface area contributed by atoms with Crippen molar-refractivity contribution in [1.82, 2.24) is 9.97 Å². The fourth-order valence-electron chi connectivity index (χ4n) is 4.08. The zero-order chi connectivity index (χ0) is 22.3. The molecule has 2 aromatic carbocycles. The maximum atomic E-state index is 13.6. The zero-order valence-electron chi connectivity index (χ0n) is 17.8. The summed E-state index contributed by atoms with van der Waals surface area (Å²) >= 11 is 6.04. The summed E-state index contributed by atoms with van der Waals surface area (Å²) in [5.74, 6) is 1.47. The van der Waals surface area contributed by atoms with Crippen molar-refractivity contribution in [2.24, 2.45) is 0 Å². The fourth-order valence-corrected chi connectivity index (χ4v) is 5.81. The first-order valence-electron chi connectivity index (χ1n) is 10.7. The zero-order valence-corrected chi connectivity index (χ0v) is 19.4. The predicted molar refractivity (Wildman–Crippen MR) is 128 cm³/mol. The van der Waals surface area contributed by atoms with Crippen LogP contribution < -0.4 is 10.6 Å². The molecule has 1 aliphatic heterocycles. The highest BCUT2D eigenvalue weighted by Crippen LogP contribution is 2.53. The molecule has 2 heterocycles. The minimum atomic E-state index is -1.24. The Bertz CT molecular complexity index is 1150. The van der Waals surface area contributed by atoms with Gasteiger partial charge in [0.1, 0.15) is 5.82 Å². The average Bonchev–Trinajstić information content (AvgIpc) is 3.62. The Balaban J connectivity index is 1.60. The van der Waals surface area contributed by atoms with E-state index in [1.807, 2.05) is 42.5 Å². The van der Waals surface area contributed by atoms with Crippen molar-refractivity contribution in [3.05, 3.63) is 65.3 Å². The van der Waals surface area contributed by atoms with Crippen LogP contribution in [0.15, 0.2) is 59.5 Å². The number of nitrogens with two attached hydrogens (primary N) is 1. The lowest BCUT2D eigenvalue weighted by molar-refractivity contribution is 0.0985. The van der Waals surface area contributed by atoms with E-state index in [1.54, 1.807) is 12.1 Å². The van der Waals surface area contributed by atoms with Gasteiger partial charge in [-0.1, -0.05) is 11.6 Å². The van der Waals surface area contributed by atoms with E-state index < -0.39 is 15.5 Å². The summed E-state index contributed by atoms with van der Waals surface area (Å²) in [5.41, 5.74) is 8.28. The molecule has 0 amide bonds. The van der Waals surface area contributed by atoms with Crippen molar-refractivity contribution in [3.63, 3.8) is 0 Å². The standard InChI is InChI=1S/C24H25ClN4O2S/c1-16-15-31-13-12-29(16)22-14-21(27-23(28-22)17-2-6-19(26)7-3-17)24(10-11-24)32(30)20-8-4-18(25)5-9-20/h2-9,14,16H,10-13,15,26H2,1H3. The number of hydrogen-bond donors (Lipinski definition) is 1. The molecule has 166 valence electrons. The minimum absolute atomic E-state index is 0.197. The van der Waals surface area contributed by atoms with E-state index in [0.717, 1.165) is 41.4 Å². The quantitative estimate of drug-likeness (QED) is 0.559. The Hall–Kier alpha value is -2.48. The molecule has 6 nitrogen and oxygen atoms in total. The summed E-state index contributed by atoms with van der Waals surface area (Å²) in [6.45, 7) is 4.19. The maximum Gasteiger partial charge on any atom is 0.161 e. The van der Waals surface area contributed by atoms with Crippen LogP contribution in [0.5, 0.6) is 0 Å². The summed E-state index contributed by atoms with van der Waals surface area (Å²) in [6.07, 6.45) is 1.64. The van der Waals surface area contributed by atoms with Gasteiger partial charge in [-0.2, -0.15) is 0 Å². The van der Waals surface area contributed by atoms with E-state index in [0.29, 0.717) is 29.7 Å². The van der Waals surface area contributed by atoms with Crippen LogP contribution in [0, 0.1) is 0 Å². The number of hydrogen-bond acceptors (Lipinski definition) is 6. The normalized spacial score (nSPS) is 20.7. The smallest absolute Gasteiger partial charge is 0.161 e. The fraction of sp³-hybridized carbons (Fsp3) is 0.333. The van der Waals surface area contributed by atoms with Crippen molar-refractivity contribution >= 4 is 33.9 Å². The van der Waals surface area contributed by atoms with Crippen molar-refractivity contribution in [2.45, 2.75) is 35.4 Å². The number of halogens is 1. The van der Waals surface area contributed by atoms with Gasteiger partial charge in [-0.25, -0.2) is 9.97 Å². The number of nitrogen functional groups attached to an aromatic ring is 1. The molecule has 1 saturated carbocycles. The molecule has 3 aromatic rings. The van der Waals surface area contributed by atoms with Gasteiger partial charge in [0.25, 0.3) is 0 Å². The minimum Gasteiger partial charge on any atom is -0.399 e. The summed E-state index contributed by atoms with van der Waals surface area (Å²) < 4.78 is 18.8. The van der Waals surface area contributed by atoms with Crippen molar-refractivity contribution < 1.29 is 8.95 Å². The highest BCUT2D eigenvalue weighted by molar-refractivity contribution is 7.86. The number of nitrogens with zero attached hydrogens (tertiary/aromatic N) is 3. The molecule has 32 heavy (non-hydrogen) atoms. The monoisotopic (exact) mass is 468 g/mol. The topological polar surface area (TPSA) is 81.3 Å². The second-order valence-electron chi connectivity index (χ2n) is 8.39. The van der Waals surface area contributed by atoms with Gasteiger partial charge < -0.3 is 15.4 Å². The molecule has 1 saturated heterocycles. The van der Waals surface area contributed by atoms with E-state index in [-0.39, 0.29) is 6.04 Å². The predicted octanol–water partition coefficient (Wildman–Crippen LogP) is 4.40. The Kier molecular flexibility index (Phi) is 5.65. The second-order valence-corrected chi connectivity index (χ2v) is 10.6. The lowest BCUT2D eigenvalue weighted by atomic mass is 10.1. The van der Waals surface area contributed by atoms with Gasteiger partial charge >= 0.3 is 0 Å². The van der Waals surface area contributed by atoms with E-state index in [2.05, 4.69) is 11.8 Å². The van der Waals surface area contributed by atoms with E-state index in [1.165, 1.54) is 0 Å². The molecule has 0 radical (unpaired) electrons. The van der Waals surface area contributed by atoms with Gasteiger partial charge in [0, 0.05) is 33.8 Å². The third-order valence-electron chi connectivity index (χ3n) is 6.10. The molecule has 5 rings (SSSR count). The van der Waals surface area contributed by atoms with Gasteiger partial charge in [-0.05, 0) is 68.3 Å². The number of rotatable bonds is 5. The first kappa shape index (κ1) is 21.4. The third-order valence-corrected chi connectivity index (χ3v) is 8.38. The van der Waals surface area contributed by atoms with Gasteiger partial charge in [0.2, 0.25) is 0 Å². The highest BCUT2D eigenvalue weighted by atomic mass is 35.5. The molecule has 2 aliphatic rings. The van der Waals surface area contributed by atoms with Crippen molar-refractivity contribution in [3.8, 4) is 11.4 Å². The summed E-state index contributed by atoms with van der Waals surface area (Å²) in [5, 5.41) is 0.631. The molecule has 0 spiro atoms. The van der Waals surface area contributed by atoms with Crippen molar-refractivity contribution in [1.29, 1.82) is 0 Å². The Morgan fingerprint density at radius 2 is 1.84 bits per heavy atom. The first-order chi connectivity index (χ1) is 15.5. The lowest BCUT2D eigenvalue weighted by Crippen LogP contribution is -2.44. The van der Waals surface area contributed by atoms with E-state index in [4.69, 9.17) is 32.0 Å². The van der Waals surface area contributed by atoms with E-state index >= 15 is 0 Å². The summed E-state index contributed by atoms with van der Waals surface area (Å²) in [4.78, 5) is 12.8. The molecule has 0 bridgehead atoms. The summed E-state index contributed by atoms with van der Waals surface area (Å²) in [6, 6.07) is 17.0. The summed E-state index contributed by atoms with van der Waals surface area (Å²) in [7, 11) is -1.24. The van der Waals surface area contributed by atoms with Crippen LogP contribution in [0.25, 0.3) is 11.4 Å².